The van der Waals surface area contributed by atoms with Crippen molar-refractivity contribution in [1.82, 2.24) is 5.32 Å². The van der Waals surface area contributed by atoms with Crippen molar-refractivity contribution in [3.63, 3.8) is 0 Å². The van der Waals surface area contributed by atoms with E-state index >= 15 is 0 Å². The molecule has 1 aliphatic carbocycles. The largest absolute Gasteiger partial charge is 0.367 e. The van der Waals surface area contributed by atoms with Crippen LogP contribution in [0.25, 0.3) is 0 Å². The van der Waals surface area contributed by atoms with Gasteiger partial charge in [0.05, 0.1) is 11.7 Å². The van der Waals surface area contributed by atoms with Crippen molar-refractivity contribution in [1.29, 1.82) is 0 Å². The maximum Gasteiger partial charge on any atom is 0.0804 e. The molecule has 0 heterocycles. The zero-order valence-electron chi connectivity index (χ0n) is 12.3. The highest BCUT2D eigenvalue weighted by Gasteiger charge is 2.38. The lowest BCUT2D eigenvalue weighted by molar-refractivity contribution is -0.139. The first-order valence-electron chi connectivity index (χ1n) is 7.69. The third-order valence-electron chi connectivity index (χ3n) is 4.14. The molecule has 1 aliphatic rings. The Balaban J connectivity index is 1.84. The Kier molecular flexibility index (Phi) is 5.41. The molecule has 2 heteroatoms. The number of hydrogen-bond acceptors (Lipinski definition) is 2. The van der Waals surface area contributed by atoms with Gasteiger partial charge in [0.2, 0.25) is 0 Å². The van der Waals surface area contributed by atoms with Gasteiger partial charge in [0, 0.05) is 0 Å². The van der Waals surface area contributed by atoms with E-state index in [2.05, 4.69) is 49.5 Å². The number of benzene rings is 1. The molecule has 1 aromatic rings. The van der Waals surface area contributed by atoms with Crippen molar-refractivity contribution in [2.24, 2.45) is 0 Å². The van der Waals surface area contributed by atoms with Gasteiger partial charge in [-0.15, -0.1) is 0 Å². The Morgan fingerprint density at radius 1 is 1.21 bits per heavy atom. The Bertz CT molecular complexity index is 359. The molecule has 106 valence electrons. The number of rotatable bonds is 8. The highest BCUT2D eigenvalue weighted by Crippen LogP contribution is 2.41. The van der Waals surface area contributed by atoms with Crippen molar-refractivity contribution in [2.45, 2.75) is 57.7 Å². The molecule has 1 aromatic carbocycles. The fourth-order valence-corrected chi connectivity index (χ4v) is 2.78. The van der Waals surface area contributed by atoms with Gasteiger partial charge < -0.3 is 10.1 Å². The van der Waals surface area contributed by atoms with Crippen LogP contribution in [0.4, 0.5) is 0 Å². The Labute approximate surface area is 117 Å². The quantitative estimate of drug-likeness (QED) is 0.712. The topological polar surface area (TPSA) is 21.3 Å². The van der Waals surface area contributed by atoms with Gasteiger partial charge in [-0.3, -0.25) is 0 Å². The lowest BCUT2D eigenvalue weighted by Crippen LogP contribution is -2.43. The van der Waals surface area contributed by atoms with Gasteiger partial charge in [0.1, 0.15) is 0 Å². The third kappa shape index (κ3) is 4.05. The van der Waals surface area contributed by atoms with Crippen LogP contribution in [0.5, 0.6) is 0 Å². The van der Waals surface area contributed by atoms with E-state index < -0.39 is 0 Å². The summed E-state index contributed by atoms with van der Waals surface area (Å²) in [6.45, 7) is 6.58. The predicted molar refractivity (Wildman–Crippen MR) is 80.3 cm³/mol. The lowest BCUT2D eigenvalue weighted by atomic mass is 9.77. The first kappa shape index (κ1) is 14.5. The molecule has 2 rings (SSSR count). The van der Waals surface area contributed by atoms with Gasteiger partial charge >= 0.3 is 0 Å². The van der Waals surface area contributed by atoms with Gasteiger partial charge in [-0.2, -0.15) is 0 Å². The normalized spacial score (nSPS) is 18.8. The van der Waals surface area contributed by atoms with E-state index in [0.29, 0.717) is 0 Å². The zero-order valence-corrected chi connectivity index (χ0v) is 12.3. The van der Waals surface area contributed by atoms with E-state index in [-0.39, 0.29) is 11.7 Å². The summed E-state index contributed by atoms with van der Waals surface area (Å²) in [7, 11) is 0. The van der Waals surface area contributed by atoms with Crippen LogP contribution in [0.1, 0.15) is 57.6 Å². The summed E-state index contributed by atoms with van der Waals surface area (Å²) in [5.74, 6) is 0. The Morgan fingerprint density at radius 2 is 1.95 bits per heavy atom. The number of nitrogens with one attached hydrogen (secondary N) is 1. The SMILES string of the molecule is CCCNCCC1(OC(C)c2ccccc2)CCC1. The van der Waals surface area contributed by atoms with Gasteiger partial charge in [0.25, 0.3) is 0 Å². The van der Waals surface area contributed by atoms with Crippen molar-refractivity contribution in [3.05, 3.63) is 35.9 Å². The first-order valence-corrected chi connectivity index (χ1v) is 7.69. The second kappa shape index (κ2) is 7.06. The van der Waals surface area contributed by atoms with Gasteiger partial charge in [-0.05, 0) is 57.7 Å². The summed E-state index contributed by atoms with van der Waals surface area (Å²) < 4.78 is 6.40. The minimum Gasteiger partial charge on any atom is -0.367 e. The molecular weight excluding hydrogens is 234 g/mol. The van der Waals surface area contributed by atoms with Crippen LogP contribution in [-0.2, 0) is 4.74 Å². The Hall–Kier alpha value is -0.860. The molecular formula is C17H27NO. The van der Waals surface area contributed by atoms with Gasteiger partial charge in [0.15, 0.2) is 0 Å². The van der Waals surface area contributed by atoms with Crippen molar-refractivity contribution >= 4 is 0 Å². The number of hydrogen-bond donors (Lipinski definition) is 1. The van der Waals surface area contributed by atoms with Crippen LogP contribution >= 0.6 is 0 Å². The first-order chi connectivity index (χ1) is 9.26. The predicted octanol–water partition coefficient (Wildman–Crippen LogP) is 4.08. The molecule has 1 N–H and O–H groups in total. The molecule has 0 spiro atoms. The van der Waals surface area contributed by atoms with E-state index in [4.69, 9.17) is 4.74 Å². The van der Waals surface area contributed by atoms with E-state index in [0.717, 1.165) is 19.5 Å². The molecule has 0 amide bonds. The van der Waals surface area contributed by atoms with E-state index in [1.54, 1.807) is 0 Å². The zero-order chi connectivity index (χ0) is 13.6. The highest BCUT2D eigenvalue weighted by molar-refractivity contribution is 5.17. The summed E-state index contributed by atoms with van der Waals surface area (Å²) in [5.41, 5.74) is 1.42. The molecule has 0 aromatic heterocycles. The fourth-order valence-electron chi connectivity index (χ4n) is 2.78. The molecule has 1 unspecified atom stereocenters. The van der Waals surface area contributed by atoms with Crippen LogP contribution in [0.2, 0.25) is 0 Å². The van der Waals surface area contributed by atoms with E-state index in [1.165, 1.54) is 31.2 Å². The average molecular weight is 261 g/mol. The van der Waals surface area contributed by atoms with Crippen molar-refractivity contribution < 1.29 is 4.74 Å². The molecule has 0 saturated heterocycles. The lowest BCUT2D eigenvalue weighted by Gasteiger charge is -2.44. The summed E-state index contributed by atoms with van der Waals surface area (Å²) >= 11 is 0. The number of ether oxygens (including phenoxy) is 1. The maximum atomic E-state index is 6.40. The average Bonchev–Trinajstić information content (AvgIpc) is 2.41. The summed E-state index contributed by atoms with van der Waals surface area (Å²) in [4.78, 5) is 0. The molecule has 1 saturated carbocycles. The molecule has 0 bridgehead atoms. The fraction of sp³-hybridized carbons (Fsp3) is 0.647. The summed E-state index contributed by atoms with van der Waals surface area (Å²) in [5, 5.41) is 3.49. The molecule has 2 nitrogen and oxygen atoms in total. The minimum absolute atomic E-state index is 0.135. The molecule has 0 aliphatic heterocycles. The van der Waals surface area contributed by atoms with Gasteiger partial charge in [-0.1, -0.05) is 37.3 Å². The second-order valence-corrected chi connectivity index (χ2v) is 5.71. The summed E-state index contributed by atoms with van der Waals surface area (Å²) in [6.07, 6.45) is 6.30. The smallest absolute Gasteiger partial charge is 0.0804 e. The van der Waals surface area contributed by atoms with Crippen LogP contribution in [0.3, 0.4) is 0 Å². The molecule has 0 radical (unpaired) electrons. The maximum absolute atomic E-state index is 6.40. The van der Waals surface area contributed by atoms with Crippen LogP contribution in [0.15, 0.2) is 30.3 Å². The highest BCUT2D eigenvalue weighted by atomic mass is 16.5. The standard InChI is InChI=1S/C17H27NO/c1-3-13-18-14-12-17(10-7-11-17)19-15(2)16-8-5-4-6-9-16/h4-6,8-9,15,18H,3,7,10-14H2,1-2H3. The Morgan fingerprint density at radius 3 is 2.53 bits per heavy atom. The van der Waals surface area contributed by atoms with Crippen molar-refractivity contribution in [2.75, 3.05) is 13.1 Å². The third-order valence-corrected chi connectivity index (χ3v) is 4.14. The molecule has 1 atom stereocenters. The van der Waals surface area contributed by atoms with Crippen molar-refractivity contribution in [3.8, 4) is 0 Å². The minimum atomic E-state index is 0.135. The van der Waals surface area contributed by atoms with Gasteiger partial charge in [-0.25, -0.2) is 0 Å². The van der Waals surface area contributed by atoms with Crippen LogP contribution in [0, 0.1) is 0 Å². The second-order valence-electron chi connectivity index (χ2n) is 5.71. The van der Waals surface area contributed by atoms with Crippen LogP contribution in [-0.4, -0.2) is 18.7 Å². The monoisotopic (exact) mass is 261 g/mol. The molecule has 19 heavy (non-hydrogen) atoms. The molecule has 1 fully saturated rings. The van der Waals surface area contributed by atoms with Crippen LogP contribution < -0.4 is 5.32 Å². The van der Waals surface area contributed by atoms with E-state index in [9.17, 15) is 0 Å². The summed E-state index contributed by atoms with van der Waals surface area (Å²) in [6, 6.07) is 10.6. The van der Waals surface area contributed by atoms with E-state index in [1.807, 2.05) is 0 Å².